The summed E-state index contributed by atoms with van der Waals surface area (Å²) in [4.78, 5) is 3.12. The molecule has 0 amide bonds. The predicted octanol–water partition coefficient (Wildman–Crippen LogP) is 4.75. The Bertz CT molecular complexity index is 901. The summed E-state index contributed by atoms with van der Waals surface area (Å²) in [6.07, 6.45) is 0. The van der Waals surface area contributed by atoms with Crippen molar-refractivity contribution in [2.45, 2.75) is 6.92 Å². The molecule has 1 heterocycles. The van der Waals surface area contributed by atoms with Crippen LogP contribution >= 0.6 is 34.8 Å². The van der Waals surface area contributed by atoms with Crippen LogP contribution in [0.25, 0.3) is 16.7 Å². The van der Waals surface area contributed by atoms with Gasteiger partial charge < -0.3 is 9.72 Å². The van der Waals surface area contributed by atoms with Gasteiger partial charge in [-0.3, -0.25) is 4.57 Å². The lowest BCUT2D eigenvalue weighted by Gasteiger charge is -2.09. The number of aromatic nitrogens is 2. The number of halogens is 2. The Balaban J connectivity index is 2.29. The molecule has 0 spiro atoms. The zero-order chi connectivity index (χ0) is 15.1. The molecule has 3 nitrogen and oxygen atoms in total. The molecule has 3 rings (SSSR count). The Labute approximate surface area is 139 Å². The van der Waals surface area contributed by atoms with E-state index in [4.69, 9.17) is 17.0 Å². The monoisotopic (exact) mass is 414 g/mol. The molecule has 0 saturated carbocycles. The lowest BCUT2D eigenvalue weighted by Crippen LogP contribution is -1.96. The van der Waals surface area contributed by atoms with Crippen molar-refractivity contribution in [3.63, 3.8) is 0 Å². The summed E-state index contributed by atoms with van der Waals surface area (Å²) in [6.45, 7) is 1.96. The molecule has 1 N–H and O–H groups in total. The van der Waals surface area contributed by atoms with Gasteiger partial charge in [-0.2, -0.15) is 0 Å². The summed E-state index contributed by atoms with van der Waals surface area (Å²) in [5, 5.41) is 0. The van der Waals surface area contributed by atoms with Gasteiger partial charge in [-0.1, -0.05) is 0 Å². The number of ether oxygens (including phenoxy) is 1. The first-order valence-corrected chi connectivity index (χ1v) is 7.75. The van der Waals surface area contributed by atoms with Crippen molar-refractivity contribution in [2.24, 2.45) is 0 Å². The Morgan fingerprint density at radius 2 is 2.05 bits per heavy atom. The fourth-order valence-electron chi connectivity index (χ4n) is 2.36. The highest BCUT2D eigenvalue weighted by molar-refractivity contribution is 14.1. The van der Waals surface area contributed by atoms with Gasteiger partial charge in [0.05, 0.1) is 21.7 Å². The lowest BCUT2D eigenvalue weighted by atomic mass is 10.2. The summed E-state index contributed by atoms with van der Waals surface area (Å²) < 4.78 is 22.1. The number of imidazole rings is 1. The van der Waals surface area contributed by atoms with E-state index in [0.29, 0.717) is 8.34 Å². The molecule has 1 aromatic heterocycles. The molecule has 0 fully saturated rings. The van der Waals surface area contributed by atoms with Gasteiger partial charge in [0.2, 0.25) is 0 Å². The van der Waals surface area contributed by atoms with Crippen LogP contribution < -0.4 is 4.74 Å². The lowest BCUT2D eigenvalue weighted by molar-refractivity contribution is 0.411. The van der Waals surface area contributed by atoms with Crippen molar-refractivity contribution >= 4 is 45.8 Å². The van der Waals surface area contributed by atoms with Crippen molar-refractivity contribution in [1.82, 2.24) is 9.55 Å². The molecule has 0 saturated heterocycles. The molecule has 0 aliphatic rings. The summed E-state index contributed by atoms with van der Waals surface area (Å²) in [5.74, 6) is 0.557. The quantitative estimate of drug-likeness (QED) is 0.485. The summed E-state index contributed by atoms with van der Waals surface area (Å²) in [5.41, 5.74) is 3.42. The molecule has 3 aromatic rings. The van der Waals surface area contributed by atoms with Crippen LogP contribution in [0, 0.1) is 21.1 Å². The highest BCUT2D eigenvalue weighted by Gasteiger charge is 2.11. The number of H-pyrrole nitrogens is 1. The zero-order valence-electron chi connectivity index (χ0n) is 11.4. The maximum atomic E-state index is 13.9. The molecule has 0 bridgehead atoms. The standard InChI is InChI=1S/C15H12FIN2OS/c1-8-5-9(3-4-14(8)20-2)19-13-6-10(16)11(17)7-12(13)18-15(19)21/h3-7H,1-2H3,(H,18,21). The van der Waals surface area contributed by atoms with Gasteiger partial charge >= 0.3 is 0 Å². The topological polar surface area (TPSA) is 29.9 Å². The Morgan fingerprint density at radius 1 is 1.29 bits per heavy atom. The van der Waals surface area contributed by atoms with Crippen molar-refractivity contribution < 1.29 is 9.13 Å². The number of benzene rings is 2. The smallest absolute Gasteiger partial charge is 0.182 e. The van der Waals surface area contributed by atoms with E-state index in [1.807, 2.05) is 52.3 Å². The average Bonchev–Trinajstić information content (AvgIpc) is 2.74. The van der Waals surface area contributed by atoms with Crippen molar-refractivity contribution in [1.29, 1.82) is 0 Å². The number of aryl methyl sites for hydroxylation is 1. The van der Waals surface area contributed by atoms with Crippen LogP contribution in [0.3, 0.4) is 0 Å². The molecule has 0 aliphatic carbocycles. The van der Waals surface area contributed by atoms with Gasteiger partial charge in [0, 0.05) is 11.8 Å². The van der Waals surface area contributed by atoms with E-state index in [2.05, 4.69) is 4.98 Å². The van der Waals surface area contributed by atoms with E-state index in [0.717, 1.165) is 28.0 Å². The fourth-order valence-corrected chi connectivity index (χ4v) is 3.14. The second-order valence-electron chi connectivity index (χ2n) is 4.70. The minimum atomic E-state index is -0.254. The van der Waals surface area contributed by atoms with Crippen molar-refractivity contribution in [3.8, 4) is 11.4 Å². The van der Waals surface area contributed by atoms with Gasteiger partial charge in [0.25, 0.3) is 0 Å². The normalized spacial score (nSPS) is 11.0. The molecule has 6 heteroatoms. The maximum absolute atomic E-state index is 13.9. The number of hydrogen-bond donors (Lipinski definition) is 1. The fraction of sp³-hybridized carbons (Fsp3) is 0.133. The second-order valence-corrected chi connectivity index (χ2v) is 6.25. The van der Waals surface area contributed by atoms with Crippen LogP contribution in [0.2, 0.25) is 0 Å². The van der Waals surface area contributed by atoms with Crippen molar-refractivity contribution in [3.05, 3.63) is 50.1 Å². The first kappa shape index (κ1) is 14.5. The number of nitrogens with zero attached hydrogens (tertiary/aromatic N) is 1. The Kier molecular flexibility index (Phi) is 3.75. The molecule has 108 valence electrons. The number of hydrogen-bond acceptors (Lipinski definition) is 2. The van der Waals surface area contributed by atoms with Crippen molar-refractivity contribution in [2.75, 3.05) is 7.11 Å². The Hall–Kier alpha value is -1.41. The first-order chi connectivity index (χ1) is 10.0. The third-order valence-electron chi connectivity index (χ3n) is 3.36. The third kappa shape index (κ3) is 2.46. The number of aromatic amines is 1. The minimum Gasteiger partial charge on any atom is -0.496 e. The molecule has 21 heavy (non-hydrogen) atoms. The van der Waals surface area contributed by atoms with E-state index in [-0.39, 0.29) is 5.82 Å². The van der Waals surface area contributed by atoms with E-state index >= 15 is 0 Å². The molecule has 0 radical (unpaired) electrons. The summed E-state index contributed by atoms with van der Waals surface area (Å²) >= 11 is 7.35. The zero-order valence-corrected chi connectivity index (χ0v) is 14.4. The second kappa shape index (κ2) is 5.42. The highest BCUT2D eigenvalue weighted by atomic mass is 127. The van der Waals surface area contributed by atoms with Crippen LogP contribution in [0.1, 0.15) is 5.56 Å². The minimum absolute atomic E-state index is 0.254. The van der Waals surface area contributed by atoms with Gasteiger partial charge in [-0.15, -0.1) is 0 Å². The SMILES string of the molecule is COc1ccc(-n2c(=S)[nH]c3cc(I)c(F)cc32)cc1C. The van der Waals surface area contributed by atoms with E-state index in [1.54, 1.807) is 13.2 Å². The highest BCUT2D eigenvalue weighted by Crippen LogP contribution is 2.26. The van der Waals surface area contributed by atoms with Gasteiger partial charge in [0.1, 0.15) is 11.6 Å². The Morgan fingerprint density at radius 3 is 2.71 bits per heavy atom. The third-order valence-corrected chi connectivity index (χ3v) is 4.47. The molecule has 0 unspecified atom stereocenters. The first-order valence-electron chi connectivity index (χ1n) is 6.26. The van der Waals surface area contributed by atoms with E-state index in [9.17, 15) is 4.39 Å². The number of rotatable bonds is 2. The molecular formula is C15H12FIN2OS. The molecule has 0 aliphatic heterocycles. The van der Waals surface area contributed by atoms with E-state index in [1.165, 1.54) is 6.07 Å². The predicted molar refractivity (Wildman–Crippen MR) is 92.4 cm³/mol. The molecule has 2 aromatic carbocycles. The maximum Gasteiger partial charge on any atom is 0.182 e. The average molecular weight is 414 g/mol. The van der Waals surface area contributed by atoms with Crippen LogP contribution in [0.15, 0.2) is 30.3 Å². The van der Waals surface area contributed by atoms with Gasteiger partial charge in [0.15, 0.2) is 4.77 Å². The van der Waals surface area contributed by atoms with Crippen LogP contribution in [-0.4, -0.2) is 16.7 Å². The van der Waals surface area contributed by atoms with E-state index < -0.39 is 0 Å². The summed E-state index contributed by atoms with van der Waals surface area (Å²) in [6, 6.07) is 9.02. The van der Waals surface area contributed by atoms with Crippen LogP contribution in [0.4, 0.5) is 4.39 Å². The van der Waals surface area contributed by atoms with Crippen LogP contribution in [0.5, 0.6) is 5.75 Å². The van der Waals surface area contributed by atoms with Gasteiger partial charge in [-0.25, -0.2) is 4.39 Å². The number of methoxy groups -OCH3 is 1. The number of fused-ring (bicyclic) bond motifs is 1. The van der Waals surface area contributed by atoms with Gasteiger partial charge in [-0.05, 0) is 71.6 Å². The molecule has 0 atom stereocenters. The largest absolute Gasteiger partial charge is 0.496 e. The number of nitrogens with one attached hydrogen (secondary N) is 1. The van der Waals surface area contributed by atoms with Crippen LogP contribution in [-0.2, 0) is 0 Å². The molecular weight excluding hydrogens is 402 g/mol. The summed E-state index contributed by atoms with van der Waals surface area (Å²) in [7, 11) is 1.64.